The fourth-order valence-corrected chi connectivity index (χ4v) is 4.83. The van der Waals surface area contributed by atoms with E-state index >= 15 is 0 Å². The fraction of sp³-hybridized carbons (Fsp3) is 0.524. The van der Waals surface area contributed by atoms with Crippen LogP contribution >= 0.6 is 0 Å². The van der Waals surface area contributed by atoms with Crippen molar-refractivity contribution < 1.29 is 9.84 Å². The number of nitrogens with one attached hydrogen (secondary N) is 1. The van der Waals surface area contributed by atoms with Crippen LogP contribution < -0.4 is 10.1 Å². The van der Waals surface area contributed by atoms with Crippen LogP contribution in [0.1, 0.15) is 19.3 Å². The molecule has 1 saturated heterocycles. The van der Waals surface area contributed by atoms with Gasteiger partial charge in [-0.2, -0.15) is 0 Å². The van der Waals surface area contributed by atoms with E-state index in [4.69, 9.17) is 4.74 Å². The first-order valence-electron chi connectivity index (χ1n) is 9.39. The number of benzene rings is 1. The van der Waals surface area contributed by atoms with Crippen LogP contribution in [0.3, 0.4) is 0 Å². The monoisotopic (exact) mass is 340 g/mol. The second kappa shape index (κ2) is 7.22. The van der Waals surface area contributed by atoms with Crippen LogP contribution in [0, 0.1) is 23.7 Å². The van der Waals surface area contributed by atoms with E-state index in [1.54, 1.807) is 7.11 Å². The molecule has 0 amide bonds. The molecular weight excluding hydrogens is 312 g/mol. The average molecular weight is 340 g/mol. The summed E-state index contributed by atoms with van der Waals surface area (Å²) < 4.78 is 5.25. The summed E-state index contributed by atoms with van der Waals surface area (Å²) in [7, 11) is 1.66. The molecule has 0 bridgehead atoms. The third-order valence-corrected chi connectivity index (χ3v) is 6.15. The molecule has 2 aliphatic carbocycles. The van der Waals surface area contributed by atoms with Crippen molar-refractivity contribution in [2.24, 2.45) is 23.7 Å². The number of aliphatic hydroxyl groups excluding tert-OH is 1. The second-order valence-corrected chi connectivity index (χ2v) is 7.67. The fourth-order valence-electron chi connectivity index (χ4n) is 4.83. The number of rotatable bonds is 5. The smallest absolute Gasteiger partial charge is 0.184 e. The van der Waals surface area contributed by atoms with E-state index < -0.39 is 6.35 Å². The highest BCUT2D eigenvalue weighted by molar-refractivity contribution is 5.48. The van der Waals surface area contributed by atoms with E-state index in [2.05, 4.69) is 34.5 Å². The molecule has 1 aliphatic heterocycles. The third-order valence-electron chi connectivity index (χ3n) is 6.15. The Morgan fingerprint density at radius 1 is 1.16 bits per heavy atom. The van der Waals surface area contributed by atoms with Gasteiger partial charge in [0.25, 0.3) is 0 Å². The molecular formula is C21H28N2O2. The summed E-state index contributed by atoms with van der Waals surface area (Å²) in [5.41, 5.74) is 0.890. The van der Waals surface area contributed by atoms with E-state index in [-0.39, 0.29) is 0 Å². The predicted octanol–water partition coefficient (Wildman–Crippen LogP) is 3.47. The van der Waals surface area contributed by atoms with Crippen molar-refractivity contribution in [2.75, 3.05) is 25.5 Å². The highest BCUT2D eigenvalue weighted by Crippen LogP contribution is 2.46. The van der Waals surface area contributed by atoms with E-state index in [0.717, 1.165) is 48.2 Å². The largest absolute Gasteiger partial charge is 0.497 e. The van der Waals surface area contributed by atoms with Crippen LogP contribution in [0.2, 0.25) is 0 Å². The molecule has 1 heterocycles. The highest BCUT2D eigenvalue weighted by atomic mass is 16.5. The summed E-state index contributed by atoms with van der Waals surface area (Å²) in [5.74, 6) is 3.80. The van der Waals surface area contributed by atoms with Gasteiger partial charge in [0.1, 0.15) is 5.75 Å². The molecule has 134 valence electrons. The molecule has 0 aromatic heterocycles. The molecule has 0 spiro atoms. The number of likely N-dealkylation sites (tertiary alicyclic amines) is 1. The first-order chi connectivity index (χ1) is 12.2. The SMILES string of the molecule is COc1cccc(NC(O)N2C[C@H]3CC(C4C=CC=CC4)C[C@H]3C2)c1. The molecule has 3 unspecified atom stereocenters. The van der Waals surface area contributed by atoms with Gasteiger partial charge in [0.05, 0.1) is 7.11 Å². The van der Waals surface area contributed by atoms with Crippen LogP contribution in [0.5, 0.6) is 5.75 Å². The molecule has 0 radical (unpaired) electrons. The number of anilines is 1. The molecule has 1 saturated carbocycles. The normalized spacial score (nSPS) is 32.6. The minimum atomic E-state index is -0.631. The summed E-state index contributed by atoms with van der Waals surface area (Å²) >= 11 is 0. The van der Waals surface area contributed by atoms with Crippen molar-refractivity contribution in [1.82, 2.24) is 4.90 Å². The van der Waals surface area contributed by atoms with Gasteiger partial charge in [-0.05, 0) is 55.1 Å². The van der Waals surface area contributed by atoms with Crippen LogP contribution in [0.15, 0.2) is 48.6 Å². The van der Waals surface area contributed by atoms with Crippen molar-refractivity contribution in [2.45, 2.75) is 25.6 Å². The summed E-state index contributed by atoms with van der Waals surface area (Å²) in [6.45, 7) is 1.98. The zero-order valence-corrected chi connectivity index (χ0v) is 14.8. The second-order valence-electron chi connectivity index (χ2n) is 7.67. The van der Waals surface area contributed by atoms with Crippen LogP contribution in [0.25, 0.3) is 0 Å². The molecule has 4 nitrogen and oxygen atoms in total. The lowest BCUT2D eigenvalue weighted by atomic mass is 9.85. The Balaban J connectivity index is 1.31. The maximum absolute atomic E-state index is 10.6. The van der Waals surface area contributed by atoms with Crippen molar-refractivity contribution >= 4 is 5.69 Å². The summed E-state index contributed by atoms with van der Waals surface area (Å²) in [5, 5.41) is 13.8. The average Bonchev–Trinajstić information content (AvgIpc) is 3.22. The van der Waals surface area contributed by atoms with Crippen molar-refractivity contribution in [1.29, 1.82) is 0 Å². The van der Waals surface area contributed by atoms with Gasteiger partial charge in [0.2, 0.25) is 0 Å². The Morgan fingerprint density at radius 3 is 2.64 bits per heavy atom. The molecule has 4 rings (SSSR count). The number of hydrogen-bond donors (Lipinski definition) is 2. The number of aliphatic hydroxyl groups is 1. The maximum atomic E-state index is 10.6. The molecule has 2 N–H and O–H groups in total. The van der Waals surface area contributed by atoms with Crippen molar-refractivity contribution in [3.8, 4) is 5.75 Å². The Morgan fingerprint density at radius 2 is 1.96 bits per heavy atom. The molecule has 2 fully saturated rings. The van der Waals surface area contributed by atoms with E-state index in [1.165, 1.54) is 19.3 Å². The highest BCUT2D eigenvalue weighted by Gasteiger charge is 2.44. The maximum Gasteiger partial charge on any atom is 0.184 e. The Bertz CT molecular complexity index is 643. The number of ether oxygens (including phenoxy) is 1. The van der Waals surface area contributed by atoms with Gasteiger partial charge in [0.15, 0.2) is 6.35 Å². The summed E-state index contributed by atoms with van der Waals surface area (Å²) in [4.78, 5) is 2.18. The lowest BCUT2D eigenvalue weighted by Gasteiger charge is -2.27. The van der Waals surface area contributed by atoms with Crippen LogP contribution in [0.4, 0.5) is 5.69 Å². The van der Waals surface area contributed by atoms with Gasteiger partial charge in [0, 0.05) is 24.8 Å². The third kappa shape index (κ3) is 3.60. The molecule has 1 aromatic carbocycles. The van der Waals surface area contributed by atoms with Crippen molar-refractivity contribution in [3.05, 3.63) is 48.6 Å². The van der Waals surface area contributed by atoms with Crippen LogP contribution in [-0.4, -0.2) is 36.6 Å². The van der Waals surface area contributed by atoms with Gasteiger partial charge >= 0.3 is 0 Å². The first kappa shape index (κ1) is 16.7. The predicted molar refractivity (Wildman–Crippen MR) is 100 cm³/mol. The number of nitrogens with zero attached hydrogens (tertiary/aromatic N) is 1. The summed E-state index contributed by atoms with van der Waals surface area (Å²) in [6, 6.07) is 7.72. The number of allylic oxidation sites excluding steroid dienone is 4. The molecule has 25 heavy (non-hydrogen) atoms. The van der Waals surface area contributed by atoms with Crippen molar-refractivity contribution in [3.63, 3.8) is 0 Å². The van der Waals surface area contributed by atoms with Gasteiger partial charge < -0.3 is 15.2 Å². The number of methoxy groups -OCH3 is 1. The standard InChI is InChI=1S/C21H28N2O2/c1-25-20-9-5-8-19(12-20)22-21(24)23-13-17-10-16(11-18(17)14-23)15-6-3-2-4-7-15/h2-6,8-9,12,15-18,21-22,24H,7,10-11,13-14H2,1H3/t15?,16?,17-,18+,21?. The molecule has 5 atom stereocenters. The number of fused-ring (bicyclic) bond motifs is 1. The van der Waals surface area contributed by atoms with E-state index in [1.807, 2.05) is 24.3 Å². The molecule has 4 heteroatoms. The van der Waals surface area contributed by atoms with Gasteiger partial charge in [-0.3, -0.25) is 4.90 Å². The first-order valence-corrected chi connectivity index (χ1v) is 9.39. The van der Waals surface area contributed by atoms with E-state index in [0.29, 0.717) is 0 Å². The zero-order valence-electron chi connectivity index (χ0n) is 14.8. The van der Waals surface area contributed by atoms with Gasteiger partial charge in [-0.15, -0.1) is 0 Å². The summed E-state index contributed by atoms with van der Waals surface area (Å²) in [6.07, 6.45) is 12.2. The van der Waals surface area contributed by atoms with E-state index in [9.17, 15) is 5.11 Å². The van der Waals surface area contributed by atoms with Crippen LogP contribution in [-0.2, 0) is 0 Å². The quantitative estimate of drug-likeness (QED) is 0.806. The Kier molecular flexibility index (Phi) is 4.82. The van der Waals surface area contributed by atoms with Gasteiger partial charge in [-0.25, -0.2) is 0 Å². The molecule has 3 aliphatic rings. The lowest BCUT2D eigenvalue weighted by molar-refractivity contribution is 0.0367. The minimum absolute atomic E-state index is 0.631. The minimum Gasteiger partial charge on any atom is -0.497 e. The Hall–Kier alpha value is -1.78. The lowest BCUT2D eigenvalue weighted by Crippen LogP contribution is -2.40. The Labute approximate surface area is 150 Å². The topological polar surface area (TPSA) is 44.7 Å². The zero-order chi connectivity index (χ0) is 17.2. The number of hydrogen-bond acceptors (Lipinski definition) is 4. The molecule has 1 aromatic rings. The van der Waals surface area contributed by atoms with Gasteiger partial charge in [-0.1, -0.05) is 30.4 Å².